The molecule has 0 spiro atoms. The van der Waals surface area contributed by atoms with Crippen LogP contribution in [0.4, 0.5) is 0 Å². The summed E-state index contributed by atoms with van der Waals surface area (Å²) in [5, 5.41) is 0. The average Bonchev–Trinajstić information content (AvgIpc) is 3.50. The maximum atomic E-state index is 13.1. The molecule has 0 N–H and O–H groups in total. The first-order valence-corrected chi connectivity index (χ1v) is 13.7. The Hall–Kier alpha value is -2.40. The summed E-state index contributed by atoms with van der Waals surface area (Å²) in [6, 6.07) is 9.74. The molecule has 0 radical (unpaired) electrons. The molecule has 1 saturated carbocycles. The van der Waals surface area contributed by atoms with Gasteiger partial charge in [0, 0.05) is 24.3 Å². The highest BCUT2D eigenvalue weighted by Gasteiger charge is 2.29. The van der Waals surface area contributed by atoms with Gasteiger partial charge < -0.3 is 9.30 Å². The lowest BCUT2D eigenvalue weighted by Crippen LogP contribution is -2.31. The normalized spacial score (nSPS) is 16.1. The van der Waals surface area contributed by atoms with Crippen LogP contribution in [-0.4, -0.2) is 34.1 Å². The predicted molar refractivity (Wildman–Crippen MR) is 148 cm³/mol. The molecule has 1 aromatic heterocycles. The fraction of sp³-hybridized carbons (Fsp3) is 0.613. The molecule has 1 saturated heterocycles. The number of carbonyl (C=O) groups excluding carboxylic acids is 1. The number of esters is 1. The minimum absolute atomic E-state index is 0.133. The Balaban J connectivity index is 0.000000840. The zero-order valence-corrected chi connectivity index (χ0v) is 23.5. The highest BCUT2D eigenvalue weighted by atomic mass is 16.6. The summed E-state index contributed by atoms with van der Waals surface area (Å²) in [5.74, 6) is 1.15. The molecule has 198 valence electrons. The Bertz CT molecular complexity index is 1060. The van der Waals surface area contributed by atoms with Crippen molar-refractivity contribution in [2.75, 3.05) is 13.1 Å². The zero-order valence-electron chi connectivity index (χ0n) is 23.5. The third-order valence-corrected chi connectivity index (χ3v) is 6.42. The molecule has 5 nitrogen and oxygen atoms in total. The summed E-state index contributed by atoms with van der Waals surface area (Å²) in [7, 11) is 0. The lowest BCUT2D eigenvalue weighted by molar-refractivity contribution is 0.00695. The van der Waals surface area contributed by atoms with Crippen molar-refractivity contribution in [2.24, 2.45) is 5.92 Å². The van der Waals surface area contributed by atoms with Crippen LogP contribution >= 0.6 is 0 Å². The van der Waals surface area contributed by atoms with E-state index < -0.39 is 5.60 Å². The van der Waals surface area contributed by atoms with E-state index in [0.717, 1.165) is 43.1 Å². The first-order chi connectivity index (χ1) is 16.9. The second kappa shape index (κ2) is 12.2. The van der Waals surface area contributed by atoms with Crippen LogP contribution in [0.25, 0.3) is 0 Å². The van der Waals surface area contributed by atoms with E-state index in [1.165, 1.54) is 36.9 Å². The number of benzene rings is 1. The van der Waals surface area contributed by atoms with Crippen LogP contribution in [0.3, 0.4) is 0 Å². The minimum atomic E-state index is -0.507. The molecule has 36 heavy (non-hydrogen) atoms. The third-order valence-electron chi connectivity index (χ3n) is 6.42. The number of aryl methyl sites for hydroxylation is 2. The van der Waals surface area contributed by atoms with Crippen LogP contribution in [0.1, 0.15) is 106 Å². The Morgan fingerprint density at radius 3 is 2.17 bits per heavy atom. The molecule has 0 amide bonds. The van der Waals surface area contributed by atoms with E-state index in [1.807, 2.05) is 56.5 Å². The van der Waals surface area contributed by atoms with Gasteiger partial charge in [0.25, 0.3) is 5.56 Å². The molecule has 4 rings (SSSR count). The standard InChI is InChI=1S/C27H36N2O3.C4H10/c1-19-17-23(21-11-12-21)24(18-28-14-5-6-15-28)29(25(19)30)16-13-20-7-9-22(10-8-20)26(31)32-27(2,3)4;1-4(2)3/h7-10,17,21H,5-6,11-16,18H2,1-4H3;4H,1-3H3. The molecule has 0 unspecified atom stereocenters. The van der Waals surface area contributed by atoms with Crippen molar-refractivity contribution >= 4 is 5.97 Å². The highest BCUT2D eigenvalue weighted by molar-refractivity contribution is 5.89. The number of ether oxygens (including phenoxy) is 1. The smallest absolute Gasteiger partial charge is 0.338 e. The van der Waals surface area contributed by atoms with Crippen LogP contribution in [-0.2, 0) is 24.2 Å². The van der Waals surface area contributed by atoms with Crippen LogP contribution in [0.15, 0.2) is 35.1 Å². The van der Waals surface area contributed by atoms with E-state index >= 15 is 0 Å². The number of carbonyl (C=O) groups is 1. The van der Waals surface area contributed by atoms with Gasteiger partial charge in [-0.05, 0) is 114 Å². The van der Waals surface area contributed by atoms with Crippen LogP contribution in [0.2, 0.25) is 0 Å². The summed E-state index contributed by atoms with van der Waals surface area (Å²) in [5.41, 5.74) is 4.75. The van der Waals surface area contributed by atoms with Gasteiger partial charge in [-0.1, -0.05) is 32.9 Å². The Labute approximate surface area is 217 Å². The number of hydrogen-bond donors (Lipinski definition) is 0. The van der Waals surface area contributed by atoms with Gasteiger partial charge in [0.2, 0.25) is 0 Å². The third kappa shape index (κ3) is 8.33. The summed E-state index contributed by atoms with van der Waals surface area (Å²) in [6.07, 6.45) is 5.72. The molecule has 1 aromatic carbocycles. The van der Waals surface area contributed by atoms with Gasteiger partial charge in [0.05, 0.1) is 5.56 Å². The number of hydrogen-bond acceptors (Lipinski definition) is 4. The molecule has 1 aliphatic heterocycles. The minimum Gasteiger partial charge on any atom is -0.456 e. The second-order valence-corrected chi connectivity index (χ2v) is 12.1. The Morgan fingerprint density at radius 2 is 1.64 bits per heavy atom. The van der Waals surface area contributed by atoms with Gasteiger partial charge in [-0.15, -0.1) is 0 Å². The molecule has 0 bridgehead atoms. The van der Waals surface area contributed by atoms with Crippen molar-refractivity contribution in [1.82, 2.24) is 9.47 Å². The lowest BCUT2D eigenvalue weighted by atomic mass is 10.0. The molecular formula is C31H46N2O3. The number of likely N-dealkylation sites (tertiary alicyclic amines) is 1. The summed E-state index contributed by atoms with van der Waals surface area (Å²) >= 11 is 0. The van der Waals surface area contributed by atoms with E-state index in [4.69, 9.17) is 4.74 Å². The molecule has 0 atom stereocenters. The largest absolute Gasteiger partial charge is 0.456 e. The van der Waals surface area contributed by atoms with Gasteiger partial charge in [-0.3, -0.25) is 9.69 Å². The number of nitrogens with zero attached hydrogens (tertiary/aromatic N) is 2. The quantitative estimate of drug-likeness (QED) is 0.413. The van der Waals surface area contributed by atoms with Gasteiger partial charge in [-0.2, -0.15) is 0 Å². The Morgan fingerprint density at radius 1 is 1.06 bits per heavy atom. The van der Waals surface area contributed by atoms with Gasteiger partial charge in [-0.25, -0.2) is 4.79 Å². The van der Waals surface area contributed by atoms with Gasteiger partial charge in [0.1, 0.15) is 5.60 Å². The molecule has 2 aliphatic rings. The van der Waals surface area contributed by atoms with Gasteiger partial charge >= 0.3 is 5.97 Å². The molecule has 5 heteroatoms. The van der Waals surface area contributed by atoms with E-state index in [2.05, 4.69) is 31.7 Å². The first kappa shape index (κ1) is 28.2. The molecule has 1 aliphatic carbocycles. The van der Waals surface area contributed by atoms with Crippen LogP contribution in [0, 0.1) is 12.8 Å². The summed E-state index contributed by atoms with van der Waals surface area (Å²) in [6.45, 7) is 17.8. The number of pyridine rings is 1. The predicted octanol–water partition coefficient (Wildman–Crippen LogP) is 6.49. The Kier molecular flexibility index (Phi) is 9.57. The van der Waals surface area contributed by atoms with Crippen molar-refractivity contribution in [3.05, 3.63) is 68.6 Å². The molecule has 2 fully saturated rings. The van der Waals surface area contributed by atoms with E-state index in [-0.39, 0.29) is 11.5 Å². The second-order valence-electron chi connectivity index (χ2n) is 12.1. The maximum Gasteiger partial charge on any atom is 0.338 e. The van der Waals surface area contributed by atoms with Crippen molar-refractivity contribution in [3.63, 3.8) is 0 Å². The van der Waals surface area contributed by atoms with E-state index in [0.29, 0.717) is 18.0 Å². The topological polar surface area (TPSA) is 51.5 Å². The van der Waals surface area contributed by atoms with Crippen molar-refractivity contribution in [3.8, 4) is 0 Å². The number of rotatable bonds is 7. The SMILES string of the molecule is CC(C)C.Cc1cc(C2CC2)c(CN2CCCC2)n(CCc2ccc(C(=O)OC(C)(C)C)cc2)c1=O. The lowest BCUT2D eigenvalue weighted by Gasteiger charge is -2.23. The van der Waals surface area contributed by atoms with Gasteiger partial charge in [0.15, 0.2) is 0 Å². The van der Waals surface area contributed by atoms with Crippen molar-refractivity contribution in [1.29, 1.82) is 0 Å². The monoisotopic (exact) mass is 494 g/mol. The fourth-order valence-corrected chi connectivity index (χ4v) is 4.57. The van der Waals surface area contributed by atoms with E-state index in [1.54, 1.807) is 0 Å². The highest BCUT2D eigenvalue weighted by Crippen LogP contribution is 2.42. The molecular weight excluding hydrogens is 448 g/mol. The van der Waals surface area contributed by atoms with E-state index in [9.17, 15) is 9.59 Å². The molecule has 2 aromatic rings. The summed E-state index contributed by atoms with van der Waals surface area (Å²) < 4.78 is 7.48. The first-order valence-electron chi connectivity index (χ1n) is 13.7. The number of aromatic nitrogens is 1. The van der Waals surface area contributed by atoms with Crippen LogP contribution in [0.5, 0.6) is 0 Å². The summed E-state index contributed by atoms with van der Waals surface area (Å²) in [4.78, 5) is 27.9. The van der Waals surface area contributed by atoms with Crippen molar-refractivity contribution < 1.29 is 9.53 Å². The van der Waals surface area contributed by atoms with Crippen molar-refractivity contribution in [2.45, 2.75) is 105 Å². The molecule has 2 heterocycles. The zero-order chi connectivity index (χ0) is 26.5. The fourth-order valence-electron chi connectivity index (χ4n) is 4.57. The maximum absolute atomic E-state index is 13.1. The average molecular weight is 495 g/mol. The van der Waals surface area contributed by atoms with Crippen LogP contribution < -0.4 is 5.56 Å².